The van der Waals surface area contributed by atoms with Gasteiger partial charge in [0.15, 0.2) is 11.6 Å². The minimum Gasteiger partial charge on any atom is -0.318 e. The van der Waals surface area contributed by atoms with Crippen LogP contribution < -0.4 is 11.3 Å². The highest BCUT2D eigenvalue weighted by molar-refractivity contribution is 7.99. The van der Waals surface area contributed by atoms with Gasteiger partial charge in [-0.2, -0.15) is 0 Å². The lowest BCUT2D eigenvalue weighted by atomic mass is 10.3. The van der Waals surface area contributed by atoms with E-state index in [1.54, 1.807) is 6.07 Å². The average Bonchev–Trinajstić information content (AvgIpc) is 2.42. The first-order valence-electron chi connectivity index (χ1n) is 5.40. The van der Waals surface area contributed by atoms with Crippen molar-refractivity contribution < 1.29 is 13.7 Å². The first-order chi connectivity index (χ1) is 9.52. The lowest BCUT2D eigenvalue weighted by Crippen LogP contribution is -2.09. The standard InChI is InChI=1S/C12H9F2N3O2S/c13-8-5-4-7(6-9(8)14)20-11-3-1-2-10(16-15)12(11)17(18)19/h1-6,16H,15H2. The number of hydrogen-bond acceptors (Lipinski definition) is 5. The maximum atomic E-state index is 13.1. The highest BCUT2D eigenvalue weighted by Gasteiger charge is 2.20. The van der Waals surface area contributed by atoms with Crippen molar-refractivity contribution in [1.82, 2.24) is 0 Å². The van der Waals surface area contributed by atoms with E-state index in [1.165, 1.54) is 18.2 Å². The molecule has 2 aromatic carbocycles. The summed E-state index contributed by atoms with van der Waals surface area (Å²) < 4.78 is 26.0. The fourth-order valence-corrected chi connectivity index (χ4v) is 2.56. The van der Waals surface area contributed by atoms with E-state index in [4.69, 9.17) is 5.84 Å². The number of nitrogens with two attached hydrogens (primary N) is 1. The van der Waals surface area contributed by atoms with Crippen molar-refractivity contribution >= 4 is 23.1 Å². The Hall–Kier alpha value is -2.19. The summed E-state index contributed by atoms with van der Waals surface area (Å²) in [6, 6.07) is 7.82. The van der Waals surface area contributed by atoms with E-state index in [1.807, 2.05) is 0 Å². The minimum atomic E-state index is -1.01. The Morgan fingerprint density at radius 1 is 1.20 bits per heavy atom. The number of nitro benzene ring substituents is 1. The molecular weight excluding hydrogens is 288 g/mol. The van der Waals surface area contributed by atoms with Crippen molar-refractivity contribution in [2.45, 2.75) is 9.79 Å². The molecule has 20 heavy (non-hydrogen) atoms. The van der Waals surface area contributed by atoms with Gasteiger partial charge < -0.3 is 5.43 Å². The summed E-state index contributed by atoms with van der Waals surface area (Å²) in [5.74, 6) is 3.24. The molecule has 0 spiro atoms. The van der Waals surface area contributed by atoms with Crippen LogP contribution in [-0.2, 0) is 0 Å². The average molecular weight is 297 g/mol. The molecule has 2 rings (SSSR count). The Kier molecular flexibility index (Phi) is 4.16. The van der Waals surface area contributed by atoms with Crippen molar-refractivity contribution in [3.05, 3.63) is 58.1 Å². The number of nitrogen functional groups attached to an aromatic ring is 1. The van der Waals surface area contributed by atoms with Crippen LogP contribution in [0.15, 0.2) is 46.2 Å². The molecule has 0 fully saturated rings. The Balaban J connectivity index is 2.42. The molecule has 0 unspecified atom stereocenters. The second-order valence-electron chi connectivity index (χ2n) is 3.73. The lowest BCUT2D eigenvalue weighted by Gasteiger charge is -2.07. The largest absolute Gasteiger partial charge is 0.318 e. The maximum absolute atomic E-state index is 13.1. The Morgan fingerprint density at radius 2 is 1.95 bits per heavy atom. The van der Waals surface area contributed by atoms with E-state index < -0.39 is 16.6 Å². The van der Waals surface area contributed by atoms with Crippen LogP contribution in [0.4, 0.5) is 20.2 Å². The third-order valence-electron chi connectivity index (χ3n) is 2.46. The summed E-state index contributed by atoms with van der Waals surface area (Å²) in [5.41, 5.74) is 2.16. The van der Waals surface area contributed by atoms with Gasteiger partial charge in [0.25, 0.3) is 0 Å². The van der Waals surface area contributed by atoms with Crippen molar-refractivity contribution in [2.75, 3.05) is 5.43 Å². The topological polar surface area (TPSA) is 81.2 Å². The van der Waals surface area contributed by atoms with Gasteiger partial charge in [-0.3, -0.25) is 16.0 Å². The van der Waals surface area contributed by atoms with Crippen LogP contribution >= 0.6 is 11.8 Å². The molecule has 0 aliphatic heterocycles. The zero-order valence-electron chi connectivity index (χ0n) is 9.97. The van der Waals surface area contributed by atoms with Gasteiger partial charge in [0.05, 0.1) is 9.82 Å². The summed E-state index contributed by atoms with van der Waals surface area (Å²) in [4.78, 5) is 11.1. The van der Waals surface area contributed by atoms with Gasteiger partial charge in [0.2, 0.25) is 0 Å². The zero-order valence-corrected chi connectivity index (χ0v) is 10.8. The van der Waals surface area contributed by atoms with Crippen molar-refractivity contribution in [2.24, 2.45) is 5.84 Å². The molecule has 0 radical (unpaired) electrons. The van der Waals surface area contributed by atoms with Crippen LogP contribution in [0.25, 0.3) is 0 Å². The molecule has 0 atom stereocenters. The summed E-state index contributed by atoms with van der Waals surface area (Å²) in [7, 11) is 0. The smallest absolute Gasteiger partial charge is 0.307 e. The van der Waals surface area contributed by atoms with Gasteiger partial charge in [-0.25, -0.2) is 8.78 Å². The van der Waals surface area contributed by atoms with Crippen LogP contribution in [0.5, 0.6) is 0 Å². The van der Waals surface area contributed by atoms with E-state index in [0.717, 1.165) is 23.9 Å². The van der Waals surface area contributed by atoms with Crippen molar-refractivity contribution in [1.29, 1.82) is 0 Å². The number of rotatable bonds is 4. The first-order valence-corrected chi connectivity index (χ1v) is 6.21. The van der Waals surface area contributed by atoms with E-state index in [2.05, 4.69) is 5.43 Å². The van der Waals surface area contributed by atoms with Crippen LogP contribution in [0.1, 0.15) is 0 Å². The van der Waals surface area contributed by atoms with Gasteiger partial charge in [0.1, 0.15) is 5.69 Å². The molecular formula is C12H9F2N3O2S. The fourth-order valence-electron chi connectivity index (χ4n) is 1.58. The third kappa shape index (κ3) is 2.86. The Morgan fingerprint density at radius 3 is 2.55 bits per heavy atom. The molecule has 2 aromatic rings. The highest BCUT2D eigenvalue weighted by Crippen LogP contribution is 2.39. The van der Waals surface area contributed by atoms with E-state index in [-0.39, 0.29) is 16.3 Å². The normalized spacial score (nSPS) is 10.3. The van der Waals surface area contributed by atoms with Gasteiger partial charge in [-0.05, 0) is 30.3 Å². The second-order valence-corrected chi connectivity index (χ2v) is 4.85. The first kappa shape index (κ1) is 14.2. The van der Waals surface area contributed by atoms with Crippen LogP contribution in [0, 0.1) is 21.7 Å². The molecule has 0 saturated carbocycles. The molecule has 0 aliphatic carbocycles. The molecule has 0 aromatic heterocycles. The number of halogens is 2. The number of nitrogens with one attached hydrogen (secondary N) is 1. The molecule has 0 aliphatic rings. The third-order valence-corrected chi connectivity index (χ3v) is 3.49. The summed E-state index contributed by atoms with van der Waals surface area (Å²) in [5, 5.41) is 11.1. The summed E-state index contributed by atoms with van der Waals surface area (Å²) >= 11 is 0.951. The number of para-hydroxylation sites is 1. The number of hydrazine groups is 1. The molecule has 3 N–H and O–H groups in total. The van der Waals surface area contributed by atoms with Crippen LogP contribution in [0.2, 0.25) is 0 Å². The quantitative estimate of drug-likeness (QED) is 0.514. The molecule has 104 valence electrons. The fraction of sp³-hybridized carbons (Fsp3) is 0. The lowest BCUT2D eigenvalue weighted by molar-refractivity contribution is -0.386. The Bertz CT molecular complexity index is 667. The molecule has 0 amide bonds. The Labute approximate surface area is 116 Å². The van der Waals surface area contributed by atoms with Gasteiger partial charge in [0, 0.05) is 4.90 Å². The van der Waals surface area contributed by atoms with Crippen molar-refractivity contribution in [3.63, 3.8) is 0 Å². The number of nitrogens with zero attached hydrogens (tertiary/aromatic N) is 1. The predicted molar refractivity (Wildman–Crippen MR) is 71.4 cm³/mol. The van der Waals surface area contributed by atoms with Crippen LogP contribution in [-0.4, -0.2) is 4.92 Å². The second kappa shape index (κ2) is 5.85. The molecule has 8 heteroatoms. The highest BCUT2D eigenvalue weighted by atomic mass is 32.2. The summed E-state index contributed by atoms with van der Waals surface area (Å²) in [6.45, 7) is 0. The number of benzene rings is 2. The monoisotopic (exact) mass is 297 g/mol. The molecule has 0 heterocycles. The zero-order chi connectivity index (χ0) is 14.7. The molecule has 0 saturated heterocycles. The van der Waals surface area contributed by atoms with Gasteiger partial charge in [-0.15, -0.1) is 0 Å². The van der Waals surface area contributed by atoms with Gasteiger partial charge >= 0.3 is 5.69 Å². The molecule has 5 nitrogen and oxygen atoms in total. The van der Waals surface area contributed by atoms with E-state index >= 15 is 0 Å². The number of anilines is 1. The summed E-state index contributed by atoms with van der Waals surface area (Å²) in [6.07, 6.45) is 0. The van der Waals surface area contributed by atoms with Crippen molar-refractivity contribution in [3.8, 4) is 0 Å². The van der Waals surface area contributed by atoms with Crippen LogP contribution in [0.3, 0.4) is 0 Å². The van der Waals surface area contributed by atoms with E-state index in [9.17, 15) is 18.9 Å². The maximum Gasteiger partial charge on any atom is 0.307 e. The van der Waals surface area contributed by atoms with E-state index in [0.29, 0.717) is 4.90 Å². The minimum absolute atomic E-state index is 0.141. The van der Waals surface area contributed by atoms with Gasteiger partial charge in [-0.1, -0.05) is 17.8 Å². The molecule has 0 bridgehead atoms. The predicted octanol–water partition coefficient (Wildman–Crippen LogP) is 3.31. The number of hydrogen-bond donors (Lipinski definition) is 2. The number of nitro groups is 1. The SMILES string of the molecule is NNc1cccc(Sc2ccc(F)c(F)c2)c1[N+](=O)[O-].